The first-order valence-electron chi connectivity index (χ1n) is 26.0. The topological polar surface area (TPSA) is 117 Å². The zero-order valence-electron chi connectivity index (χ0n) is 40.2. The van der Waals surface area contributed by atoms with Crippen LogP contribution >= 0.6 is 7.82 Å². The molecule has 360 valence electrons. The van der Waals surface area contributed by atoms with Gasteiger partial charge in [-0.2, -0.15) is 0 Å². The van der Waals surface area contributed by atoms with Gasteiger partial charge >= 0.3 is 13.8 Å². The molecule has 0 saturated carbocycles. The van der Waals surface area contributed by atoms with Crippen LogP contribution in [0.5, 0.6) is 0 Å². The first kappa shape index (κ1) is 59.7. The number of unbranched alkanes of at least 4 members (excludes halogenated alkanes) is 31. The van der Waals surface area contributed by atoms with E-state index in [4.69, 9.17) is 24.3 Å². The summed E-state index contributed by atoms with van der Waals surface area (Å²) in [5.74, 6) is -0.333. The van der Waals surface area contributed by atoms with Crippen LogP contribution in [0, 0.1) is 0 Å². The molecule has 61 heavy (non-hydrogen) atoms. The fourth-order valence-corrected chi connectivity index (χ4v) is 8.24. The van der Waals surface area contributed by atoms with Crippen LogP contribution in [0.3, 0.4) is 0 Å². The Morgan fingerprint density at radius 2 is 0.869 bits per heavy atom. The summed E-state index contributed by atoms with van der Waals surface area (Å²) >= 11 is 0. The Labute approximate surface area is 378 Å². The Hall–Kier alpha value is -1.28. The van der Waals surface area contributed by atoms with E-state index >= 15 is 0 Å². The van der Waals surface area contributed by atoms with Crippen molar-refractivity contribution >= 4 is 13.8 Å². The van der Waals surface area contributed by atoms with Crippen molar-refractivity contribution < 1.29 is 32.8 Å². The van der Waals surface area contributed by atoms with Gasteiger partial charge in [0.25, 0.3) is 0 Å². The number of carbonyl (C=O) groups is 1. The zero-order chi connectivity index (χ0) is 44.4. The highest BCUT2D eigenvalue weighted by atomic mass is 31.2. The summed E-state index contributed by atoms with van der Waals surface area (Å²) in [6.07, 6.45) is 58.9. The second-order valence-electron chi connectivity index (χ2n) is 17.4. The summed E-state index contributed by atoms with van der Waals surface area (Å²) in [6.45, 7) is 4.95. The van der Waals surface area contributed by atoms with Gasteiger partial charge in [-0.15, -0.1) is 0 Å². The number of phosphoric acid groups is 1. The van der Waals surface area contributed by atoms with Crippen molar-refractivity contribution in [2.24, 2.45) is 5.73 Å². The van der Waals surface area contributed by atoms with Gasteiger partial charge in [-0.3, -0.25) is 13.8 Å². The van der Waals surface area contributed by atoms with E-state index in [2.05, 4.69) is 50.3 Å². The molecule has 0 aromatic heterocycles. The summed E-state index contributed by atoms with van der Waals surface area (Å²) in [5, 5.41) is 0. The molecule has 2 atom stereocenters. The third-order valence-corrected chi connectivity index (χ3v) is 12.3. The molecule has 0 aliphatic rings. The summed E-state index contributed by atoms with van der Waals surface area (Å²) in [6, 6.07) is 0. The number of rotatable bonds is 50. The van der Waals surface area contributed by atoms with E-state index in [9.17, 15) is 14.3 Å². The average molecular weight is 882 g/mol. The smallest absolute Gasteiger partial charge is 0.457 e. The first-order valence-corrected chi connectivity index (χ1v) is 27.5. The van der Waals surface area contributed by atoms with Crippen LogP contribution in [0.4, 0.5) is 0 Å². The lowest BCUT2D eigenvalue weighted by Gasteiger charge is -2.20. The lowest BCUT2D eigenvalue weighted by molar-refractivity contribution is -0.154. The molecule has 0 radical (unpaired) electrons. The van der Waals surface area contributed by atoms with Crippen molar-refractivity contribution in [2.45, 2.75) is 258 Å². The van der Waals surface area contributed by atoms with E-state index in [1.807, 2.05) is 0 Å². The highest BCUT2D eigenvalue weighted by Crippen LogP contribution is 2.43. The van der Waals surface area contributed by atoms with Crippen molar-refractivity contribution in [1.82, 2.24) is 0 Å². The molecule has 0 bridgehead atoms. The molecule has 8 nitrogen and oxygen atoms in total. The molecule has 0 aromatic rings. The van der Waals surface area contributed by atoms with E-state index in [1.165, 1.54) is 180 Å². The maximum atomic E-state index is 12.7. The van der Waals surface area contributed by atoms with E-state index in [1.54, 1.807) is 0 Å². The number of carbonyl (C=O) groups excluding carboxylic acids is 1. The molecule has 0 saturated heterocycles. The SMILES string of the molecule is CCCCCCC/C=C\C/C=C\C/C=C\CCCCCCCCCCC(=O)OC(COCCCCCCCCCCCCCCCCCCCCC)COP(=O)(O)OCCN. The molecule has 9 heteroatoms. The van der Waals surface area contributed by atoms with Gasteiger partial charge in [0.15, 0.2) is 0 Å². The Kier molecular flexibility index (Phi) is 48.7. The average Bonchev–Trinajstić information content (AvgIpc) is 3.25. The lowest BCUT2D eigenvalue weighted by Crippen LogP contribution is -2.28. The van der Waals surface area contributed by atoms with Crippen molar-refractivity contribution in [3.63, 3.8) is 0 Å². The maximum Gasteiger partial charge on any atom is 0.472 e. The van der Waals surface area contributed by atoms with Crippen LogP contribution in [0.25, 0.3) is 0 Å². The number of ether oxygens (including phenoxy) is 2. The van der Waals surface area contributed by atoms with E-state index < -0.39 is 13.9 Å². The van der Waals surface area contributed by atoms with Gasteiger partial charge in [0.2, 0.25) is 0 Å². The van der Waals surface area contributed by atoms with Crippen molar-refractivity contribution in [2.75, 3.05) is 33.0 Å². The highest BCUT2D eigenvalue weighted by Gasteiger charge is 2.25. The standard InChI is InChI=1S/C52H100NO7P/c1-3-5-7-9-11-13-15-17-19-21-23-24-25-26-27-29-31-33-35-37-39-41-43-45-52(54)60-51(50-59-61(55,56)58-48-46-53)49-57-47-44-42-40-38-36-34-32-30-28-22-20-18-16-14-12-10-8-6-4-2/h15,17,21,23,25-26,51H,3-14,16,18-20,22,24,27-50,53H2,1-2H3,(H,55,56)/b17-15-,23-21-,26-25-. The van der Waals surface area contributed by atoms with Crippen LogP contribution in [-0.4, -0.2) is 49.9 Å². The van der Waals surface area contributed by atoms with Crippen LogP contribution in [-0.2, 0) is 27.9 Å². The predicted octanol–water partition coefficient (Wildman–Crippen LogP) is 16.1. The molecular formula is C52H100NO7P. The summed E-state index contributed by atoms with van der Waals surface area (Å²) in [4.78, 5) is 22.6. The molecule has 2 unspecified atom stereocenters. The molecule has 0 amide bonds. The van der Waals surface area contributed by atoms with E-state index in [0.717, 1.165) is 51.4 Å². The largest absolute Gasteiger partial charge is 0.472 e. The first-order chi connectivity index (χ1) is 29.9. The number of nitrogens with two attached hydrogens (primary N) is 1. The summed E-state index contributed by atoms with van der Waals surface area (Å²) in [7, 11) is -4.28. The normalized spacial score (nSPS) is 13.6. The van der Waals surface area contributed by atoms with Crippen molar-refractivity contribution in [3.05, 3.63) is 36.5 Å². The predicted molar refractivity (Wildman–Crippen MR) is 261 cm³/mol. The Morgan fingerprint density at radius 3 is 1.30 bits per heavy atom. The number of allylic oxidation sites excluding steroid dienone is 6. The monoisotopic (exact) mass is 882 g/mol. The van der Waals surface area contributed by atoms with Crippen molar-refractivity contribution in [1.29, 1.82) is 0 Å². The minimum Gasteiger partial charge on any atom is -0.457 e. The van der Waals surface area contributed by atoms with Gasteiger partial charge in [0.05, 0.1) is 19.8 Å². The quantitative estimate of drug-likeness (QED) is 0.0268. The molecule has 0 heterocycles. The minimum absolute atomic E-state index is 0.0958. The summed E-state index contributed by atoms with van der Waals surface area (Å²) in [5.41, 5.74) is 5.39. The van der Waals surface area contributed by atoms with Crippen molar-refractivity contribution in [3.8, 4) is 0 Å². The summed E-state index contributed by atoms with van der Waals surface area (Å²) < 4.78 is 33.6. The third-order valence-electron chi connectivity index (χ3n) is 11.3. The van der Waals surface area contributed by atoms with Crippen LogP contribution < -0.4 is 5.73 Å². The van der Waals surface area contributed by atoms with Gasteiger partial charge in [-0.05, 0) is 51.4 Å². The second-order valence-corrected chi connectivity index (χ2v) is 18.8. The minimum atomic E-state index is -4.28. The van der Waals surface area contributed by atoms with E-state index in [-0.39, 0.29) is 32.3 Å². The van der Waals surface area contributed by atoms with Gasteiger partial charge in [-0.1, -0.05) is 230 Å². The molecule has 0 spiro atoms. The highest BCUT2D eigenvalue weighted by molar-refractivity contribution is 7.47. The fourth-order valence-electron chi connectivity index (χ4n) is 7.48. The third kappa shape index (κ3) is 49.6. The van der Waals surface area contributed by atoms with Gasteiger partial charge in [-0.25, -0.2) is 4.57 Å². The van der Waals surface area contributed by atoms with Crippen LogP contribution in [0.2, 0.25) is 0 Å². The Morgan fingerprint density at radius 1 is 0.492 bits per heavy atom. The number of hydrogen-bond donors (Lipinski definition) is 2. The lowest BCUT2D eigenvalue weighted by atomic mass is 10.0. The van der Waals surface area contributed by atoms with Crippen LogP contribution in [0.1, 0.15) is 251 Å². The Balaban J connectivity index is 3.94. The van der Waals surface area contributed by atoms with Gasteiger partial charge in [0, 0.05) is 19.6 Å². The number of phosphoric ester groups is 1. The van der Waals surface area contributed by atoms with Crippen LogP contribution in [0.15, 0.2) is 36.5 Å². The zero-order valence-corrected chi connectivity index (χ0v) is 41.1. The number of esters is 1. The second kappa shape index (κ2) is 49.7. The molecule has 3 N–H and O–H groups in total. The van der Waals surface area contributed by atoms with E-state index in [0.29, 0.717) is 13.0 Å². The maximum absolute atomic E-state index is 12.7. The Bertz CT molecular complexity index is 1040. The molecule has 0 aliphatic carbocycles. The molecule has 0 rings (SSSR count). The molecule has 0 fully saturated rings. The number of hydrogen-bond acceptors (Lipinski definition) is 7. The van der Waals surface area contributed by atoms with Gasteiger partial charge in [0.1, 0.15) is 6.10 Å². The molecular weight excluding hydrogens is 782 g/mol. The fraction of sp³-hybridized carbons (Fsp3) is 0.865. The molecule has 0 aliphatic heterocycles. The molecule has 0 aromatic carbocycles. The van der Waals surface area contributed by atoms with Gasteiger partial charge < -0.3 is 20.1 Å².